The maximum absolute atomic E-state index is 11.9. The fourth-order valence-electron chi connectivity index (χ4n) is 2.49. The average Bonchev–Trinajstić information content (AvgIpc) is 3.10. The quantitative estimate of drug-likeness (QED) is 0.850. The molecular weight excluding hydrogens is 312 g/mol. The number of hydrogen-bond acceptors (Lipinski definition) is 4. The predicted molar refractivity (Wildman–Crippen MR) is 71.0 cm³/mol. The molecule has 6 nitrogen and oxygen atoms in total. The molecule has 2 aliphatic rings. The Bertz CT molecular complexity index is 667. The van der Waals surface area contributed by atoms with E-state index in [0.717, 1.165) is 17.3 Å². The fourth-order valence-corrected chi connectivity index (χ4v) is 2.86. The zero-order chi connectivity index (χ0) is 13.0. The van der Waals surface area contributed by atoms with Gasteiger partial charge in [0.25, 0.3) is 0 Å². The first-order valence-electron chi connectivity index (χ1n) is 6.20. The zero-order valence-electron chi connectivity index (χ0n) is 9.99. The summed E-state index contributed by atoms with van der Waals surface area (Å²) < 4.78 is 7.65. The van der Waals surface area contributed by atoms with Gasteiger partial charge in [-0.1, -0.05) is 0 Å². The Morgan fingerprint density at radius 1 is 1.42 bits per heavy atom. The molecule has 98 valence electrons. The number of anilines is 1. The van der Waals surface area contributed by atoms with Crippen LogP contribution in [0, 0.1) is 5.92 Å². The Kier molecular flexibility index (Phi) is 2.32. The number of aromatic nitrogens is 3. The van der Waals surface area contributed by atoms with Gasteiger partial charge in [0.2, 0.25) is 0 Å². The second-order valence-electron chi connectivity index (χ2n) is 4.90. The number of nitrogens with zero attached hydrogens (tertiary/aromatic N) is 4. The van der Waals surface area contributed by atoms with Gasteiger partial charge in [-0.15, -0.1) is 0 Å². The maximum atomic E-state index is 11.9. The van der Waals surface area contributed by atoms with Crippen molar-refractivity contribution in [1.29, 1.82) is 0 Å². The SMILES string of the molecule is O=C1OC[C@H](C2CC2)N1c1ccn2ncc(Br)c2n1. The van der Waals surface area contributed by atoms with E-state index in [9.17, 15) is 4.79 Å². The lowest BCUT2D eigenvalue weighted by Crippen LogP contribution is -2.35. The third kappa shape index (κ3) is 1.72. The molecule has 1 saturated carbocycles. The van der Waals surface area contributed by atoms with Crippen LogP contribution >= 0.6 is 15.9 Å². The number of carbonyl (C=O) groups excluding carboxylic acids is 1. The minimum absolute atomic E-state index is 0.129. The maximum Gasteiger partial charge on any atom is 0.415 e. The highest BCUT2D eigenvalue weighted by molar-refractivity contribution is 9.10. The van der Waals surface area contributed by atoms with E-state index in [2.05, 4.69) is 26.0 Å². The van der Waals surface area contributed by atoms with Gasteiger partial charge in [0.05, 0.1) is 16.7 Å². The fraction of sp³-hybridized carbons (Fsp3) is 0.417. The van der Waals surface area contributed by atoms with Crippen LogP contribution < -0.4 is 4.90 Å². The van der Waals surface area contributed by atoms with E-state index >= 15 is 0 Å². The molecule has 4 rings (SSSR count). The molecule has 1 amide bonds. The highest BCUT2D eigenvalue weighted by Crippen LogP contribution is 2.39. The predicted octanol–water partition coefficient (Wildman–Crippen LogP) is 2.23. The van der Waals surface area contributed by atoms with Crippen molar-refractivity contribution in [1.82, 2.24) is 14.6 Å². The molecule has 0 N–H and O–H groups in total. The van der Waals surface area contributed by atoms with Crippen LogP contribution in [0.1, 0.15) is 12.8 Å². The molecular formula is C12H11BrN4O2. The highest BCUT2D eigenvalue weighted by atomic mass is 79.9. The van der Waals surface area contributed by atoms with Crippen molar-refractivity contribution < 1.29 is 9.53 Å². The number of hydrogen-bond donors (Lipinski definition) is 0. The van der Waals surface area contributed by atoms with Gasteiger partial charge in [0.15, 0.2) is 5.65 Å². The van der Waals surface area contributed by atoms with Crippen LogP contribution in [0.5, 0.6) is 0 Å². The van der Waals surface area contributed by atoms with Gasteiger partial charge in [0.1, 0.15) is 12.4 Å². The van der Waals surface area contributed by atoms with E-state index < -0.39 is 0 Å². The molecule has 0 bridgehead atoms. The van der Waals surface area contributed by atoms with Gasteiger partial charge in [-0.25, -0.2) is 14.3 Å². The number of cyclic esters (lactones) is 1. The molecule has 1 saturated heterocycles. The normalized spacial score (nSPS) is 23.1. The summed E-state index contributed by atoms with van der Waals surface area (Å²) in [6, 6.07) is 1.93. The van der Waals surface area contributed by atoms with Crippen molar-refractivity contribution in [3.05, 3.63) is 22.9 Å². The first kappa shape index (κ1) is 11.2. The molecule has 3 heterocycles. The summed E-state index contributed by atoms with van der Waals surface area (Å²) in [4.78, 5) is 18.1. The summed E-state index contributed by atoms with van der Waals surface area (Å²) in [7, 11) is 0. The van der Waals surface area contributed by atoms with Gasteiger partial charge < -0.3 is 4.74 Å². The van der Waals surface area contributed by atoms with Crippen molar-refractivity contribution in [3.8, 4) is 0 Å². The highest BCUT2D eigenvalue weighted by Gasteiger charge is 2.44. The molecule has 2 aromatic rings. The Balaban J connectivity index is 1.79. The summed E-state index contributed by atoms with van der Waals surface area (Å²) in [6.07, 6.45) is 5.52. The second kappa shape index (κ2) is 3.93. The van der Waals surface area contributed by atoms with Crippen LogP contribution in [0.15, 0.2) is 22.9 Å². The van der Waals surface area contributed by atoms with Gasteiger partial charge in [-0.05, 0) is 40.8 Å². The first-order chi connectivity index (χ1) is 9.24. The van der Waals surface area contributed by atoms with E-state index in [-0.39, 0.29) is 12.1 Å². The van der Waals surface area contributed by atoms with E-state index in [1.165, 1.54) is 0 Å². The summed E-state index contributed by atoms with van der Waals surface area (Å²) in [5.41, 5.74) is 0.701. The second-order valence-corrected chi connectivity index (χ2v) is 5.75. The lowest BCUT2D eigenvalue weighted by molar-refractivity contribution is 0.178. The van der Waals surface area contributed by atoms with Crippen molar-refractivity contribution in [2.45, 2.75) is 18.9 Å². The lowest BCUT2D eigenvalue weighted by atomic mass is 10.2. The molecule has 0 spiro atoms. The number of ether oxygens (including phenoxy) is 1. The smallest absolute Gasteiger partial charge is 0.415 e. The van der Waals surface area contributed by atoms with Crippen LogP contribution in [-0.2, 0) is 4.74 Å². The standard InChI is InChI=1S/C12H11BrN4O2/c13-8-5-14-16-4-3-10(15-11(8)16)17-9(7-1-2-7)6-19-12(17)18/h3-5,7,9H,1-2,6H2/t9-/m1/s1. The first-order valence-corrected chi connectivity index (χ1v) is 6.99. The van der Waals surface area contributed by atoms with Crippen molar-refractivity contribution in [2.75, 3.05) is 11.5 Å². The summed E-state index contributed by atoms with van der Waals surface area (Å²) in [6.45, 7) is 0.469. The number of halogens is 1. The number of rotatable bonds is 2. The molecule has 2 fully saturated rings. The van der Waals surface area contributed by atoms with Crippen molar-refractivity contribution >= 4 is 33.5 Å². The Hall–Kier alpha value is -1.63. The van der Waals surface area contributed by atoms with Gasteiger partial charge in [0, 0.05) is 6.20 Å². The third-order valence-corrected chi connectivity index (χ3v) is 4.19. The average molecular weight is 323 g/mol. The van der Waals surface area contributed by atoms with Gasteiger partial charge in [-0.2, -0.15) is 5.10 Å². The van der Waals surface area contributed by atoms with Crippen LogP contribution in [0.25, 0.3) is 5.65 Å². The van der Waals surface area contributed by atoms with E-state index in [1.54, 1.807) is 27.9 Å². The number of amides is 1. The molecule has 0 unspecified atom stereocenters. The zero-order valence-corrected chi connectivity index (χ0v) is 11.6. The van der Waals surface area contributed by atoms with E-state index in [4.69, 9.17) is 4.74 Å². The van der Waals surface area contributed by atoms with Crippen LogP contribution in [0.2, 0.25) is 0 Å². The molecule has 7 heteroatoms. The Morgan fingerprint density at radius 3 is 3.05 bits per heavy atom. The number of fused-ring (bicyclic) bond motifs is 1. The monoisotopic (exact) mass is 322 g/mol. The molecule has 0 aromatic carbocycles. The topological polar surface area (TPSA) is 59.7 Å². The largest absolute Gasteiger partial charge is 0.447 e. The third-order valence-electron chi connectivity index (χ3n) is 3.63. The van der Waals surface area contributed by atoms with Crippen molar-refractivity contribution in [3.63, 3.8) is 0 Å². The van der Waals surface area contributed by atoms with Gasteiger partial charge in [-0.3, -0.25) is 4.90 Å². The molecule has 0 radical (unpaired) electrons. The molecule has 1 atom stereocenters. The Morgan fingerprint density at radius 2 is 2.26 bits per heavy atom. The summed E-state index contributed by atoms with van der Waals surface area (Å²) in [5.74, 6) is 1.19. The lowest BCUT2D eigenvalue weighted by Gasteiger charge is -2.19. The van der Waals surface area contributed by atoms with Gasteiger partial charge >= 0.3 is 6.09 Å². The molecule has 19 heavy (non-hydrogen) atoms. The van der Waals surface area contributed by atoms with Crippen molar-refractivity contribution in [2.24, 2.45) is 5.92 Å². The van der Waals surface area contributed by atoms with E-state index in [1.807, 2.05) is 0 Å². The molecule has 1 aliphatic carbocycles. The summed E-state index contributed by atoms with van der Waals surface area (Å²) >= 11 is 3.40. The minimum atomic E-state index is -0.301. The number of carbonyl (C=O) groups is 1. The summed E-state index contributed by atoms with van der Waals surface area (Å²) in [5, 5.41) is 4.14. The van der Waals surface area contributed by atoms with E-state index in [0.29, 0.717) is 24.0 Å². The van der Waals surface area contributed by atoms with Crippen LogP contribution in [-0.4, -0.2) is 33.3 Å². The minimum Gasteiger partial charge on any atom is -0.447 e. The Labute approximate surface area is 117 Å². The molecule has 2 aromatic heterocycles. The van der Waals surface area contributed by atoms with Crippen LogP contribution in [0.4, 0.5) is 10.6 Å². The van der Waals surface area contributed by atoms with Crippen LogP contribution in [0.3, 0.4) is 0 Å². The molecule has 1 aliphatic heterocycles.